The Morgan fingerprint density at radius 3 is 3.05 bits per heavy atom. The van der Waals surface area contributed by atoms with Crippen LogP contribution in [-0.2, 0) is 4.74 Å². The van der Waals surface area contributed by atoms with Gasteiger partial charge in [-0.2, -0.15) is 0 Å². The monoisotopic (exact) mass is 273 g/mol. The fourth-order valence-corrected chi connectivity index (χ4v) is 2.47. The van der Waals surface area contributed by atoms with E-state index in [0.717, 1.165) is 19.5 Å². The second kappa shape index (κ2) is 7.09. The number of methoxy groups -OCH3 is 1. The number of nitrogens with zero attached hydrogens (tertiary/aromatic N) is 1. The maximum Gasteiger partial charge on any atom is 0.255 e. The molecule has 0 aromatic heterocycles. The van der Waals surface area contributed by atoms with Crippen molar-refractivity contribution in [3.05, 3.63) is 35.4 Å². The first kappa shape index (κ1) is 14.6. The quantitative estimate of drug-likeness (QED) is 0.840. The van der Waals surface area contributed by atoms with Crippen LogP contribution in [0.3, 0.4) is 0 Å². The van der Waals surface area contributed by atoms with Crippen molar-refractivity contribution in [3.63, 3.8) is 0 Å². The molecule has 1 N–H and O–H groups in total. The number of likely N-dealkylation sites (tertiary alicyclic amines) is 1. The van der Waals surface area contributed by atoms with Crippen molar-refractivity contribution in [3.8, 4) is 11.8 Å². The molecule has 0 bridgehead atoms. The third-order valence-electron chi connectivity index (χ3n) is 3.44. The molecule has 20 heavy (non-hydrogen) atoms. The van der Waals surface area contributed by atoms with Crippen molar-refractivity contribution in [2.45, 2.75) is 6.42 Å². The first-order valence-electron chi connectivity index (χ1n) is 6.73. The fraction of sp³-hybridized carbons (Fsp3) is 0.438. The summed E-state index contributed by atoms with van der Waals surface area (Å²) >= 11 is 0. The molecule has 4 heteroatoms. The molecule has 1 atom stereocenters. The minimum Gasteiger partial charge on any atom is -0.384 e. The first-order valence-corrected chi connectivity index (χ1v) is 6.73. The summed E-state index contributed by atoms with van der Waals surface area (Å²) < 4.78 is 5.15. The summed E-state index contributed by atoms with van der Waals surface area (Å²) in [5.74, 6) is 5.85. The lowest BCUT2D eigenvalue weighted by molar-refractivity contribution is 0.0775. The van der Waals surface area contributed by atoms with Crippen molar-refractivity contribution >= 4 is 5.91 Å². The lowest BCUT2D eigenvalue weighted by atomic mass is 10.1. The zero-order valence-corrected chi connectivity index (χ0v) is 11.6. The van der Waals surface area contributed by atoms with E-state index in [1.807, 2.05) is 17.0 Å². The van der Waals surface area contributed by atoms with Gasteiger partial charge in [0.1, 0.15) is 6.61 Å². The molecule has 106 valence electrons. The maximum absolute atomic E-state index is 12.5. The van der Waals surface area contributed by atoms with Crippen LogP contribution in [0.1, 0.15) is 22.3 Å². The largest absolute Gasteiger partial charge is 0.384 e. The van der Waals surface area contributed by atoms with Gasteiger partial charge in [0.25, 0.3) is 5.91 Å². The van der Waals surface area contributed by atoms with Crippen LogP contribution in [0.25, 0.3) is 0 Å². The van der Waals surface area contributed by atoms with Gasteiger partial charge >= 0.3 is 0 Å². The molecule has 2 rings (SSSR count). The van der Waals surface area contributed by atoms with Gasteiger partial charge in [0, 0.05) is 31.7 Å². The predicted molar refractivity (Wildman–Crippen MR) is 76.3 cm³/mol. The second-order valence-electron chi connectivity index (χ2n) is 4.87. The molecule has 0 saturated carbocycles. The van der Waals surface area contributed by atoms with Crippen molar-refractivity contribution in [2.75, 3.05) is 33.4 Å². The number of rotatable bonds is 3. The van der Waals surface area contributed by atoms with Gasteiger partial charge in [-0.1, -0.05) is 24.0 Å². The standard InChI is InChI=1S/C16H19NO3/c1-20-12-13-8-9-17(11-13)16(19)15-7-3-2-5-14(15)6-4-10-18/h2-3,5,7,13,18H,8-12H2,1H3. The van der Waals surface area contributed by atoms with Crippen molar-refractivity contribution in [2.24, 2.45) is 5.92 Å². The normalized spacial score (nSPS) is 17.7. The van der Waals surface area contributed by atoms with Gasteiger partial charge in [0.2, 0.25) is 0 Å². The van der Waals surface area contributed by atoms with Crippen LogP contribution in [0.5, 0.6) is 0 Å². The Morgan fingerprint density at radius 1 is 1.50 bits per heavy atom. The lowest BCUT2D eigenvalue weighted by Crippen LogP contribution is -2.29. The minimum atomic E-state index is -0.206. The average Bonchev–Trinajstić information content (AvgIpc) is 2.94. The average molecular weight is 273 g/mol. The van der Waals surface area contributed by atoms with E-state index in [-0.39, 0.29) is 12.5 Å². The van der Waals surface area contributed by atoms with E-state index in [0.29, 0.717) is 23.7 Å². The molecule has 1 fully saturated rings. The first-order chi connectivity index (χ1) is 9.76. The van der Waals surface area contributed by atoms with Crippen molar-refractivity contribution in [1.29, 1.82) is 0 Å². The van der Waals surface area contributed by atoms with Gasteiger partial charge in [-0.25, -0.2) is 0 Å². The number of carbonyl (C=O) groups is 1. The predicted octanol–water partition coefficient (Wildman–Crippen LogP) is 1.14. The number of benzene rings is 1. The highest BCUT2D eigenvalue weighted by Crippen LogP contribution is 2.20. The Balaban J connectivity index is 2.14. The summed E-state index contributed by atoms with van der Waals surface area (Å²) in [6.45, 7) is 1.97. The molecule has 1 amide bonds. The third-order valence-corrected chi connectivity index (χ3v) is 3.44. The molecule has 1 aromatic carbocycles. The summed E-state index contributed by atoms with van der Waals surface area (Å²) in [5.41, 5.74) is 1.27. The number of amides is 1. The molecular formula is C16H19NO3. The molecule has 1 aliphatic rings. The van der Waals surface area contributed by atoms with Gasteiger partial charge in [-0.3, -0.25) is 4.79 Å². The molecule has 0 spiro atoms. The number of carbonyl (C=O) groups excluding carboxylic acids is 1. The number of hydrogen-bond donors (Lipinski definition) is 1. The summed E-state index contributed by atoms with van der Waals surface area (Å²) in [6.07, 6.45) is 0.976. The molecular weight excluding hydrogens is 254 g/mol. The van der Waals surface area contributed by atoms with Crippen LogP contribution in [0, 0.1) is 17.8 Å². The van der Waals surface area contributed by atoms with E-state index in [4.69, 9.17) is 9.84 Å². The number of aliphatic hydroxyl groups is 1. The molecule has 1 saturated heterocycles. The van der Waals surface area contributed by atoms with Crippen LogP contribution < -0.4 is 0 Å². The smallest absolute Gasteiger partial charge is 0.255 e. The Morgan fingerprint density at radius 2 is 2.30 bits per heavy atom. The highest BCUT2D eigenvalue weighted by molar-refractivity contribution is 5.96. The zero-order valence-electron chi connectivity index (χ0n) is 11.6. The molecule has 1 aliphatic heterocycles. The number of ether oxygens (including phenoxy) is 1. The second-order valence-corrected chi connectivity index (χ2v) is 4.87. The van der Waals surface area contributed by atoms with Crippen LogP contribution >= 0.6 is 0 Å². The lowest BCUT2D eigenvalue weighted by Gasteiger charge is -2.17. The molecule has 1 aromatic rings. The topological polar surface area (TPSA) is 49.8 Å². The van der Waals surface area contributed by atoms with Gasteiger partial charge in [0.15, 0.2) is 0 Å². The third kappa shape index (κ3) is 3.38. The zero-order chi connectivity index (χ0) is 14.4. The van der Waals surface area contributed by atoms with Crippen LogP contribution in [0.15, 0.2) is 24.3 Å². The van der Waals surface area contributed by atoms with Gasteiger partial charge < -0.3 is 14.7 Å². The molecule has 1 heterocycles. The minimum absolute atomic E-state index is 0.00597. The molecule has 1 unspecified atom stereocenters. The maximum atomic E-state index is 12.5. The molecule has 0 radical (unpaired) electrons. The van der Waals surface area contributed by atoms with E-state index in [1.165, 1.54) is 0 Å². The Kier molecular flexibility index (Phi) is 5.16. The van der Waals surface area contributed by atoms with E-state index in [1.54, 1.807) is 19.2 Å². The van der Waals surface area contributed by atoms with Crippen molar-refractivity contribution in [1.82, 2.24) is 4.90 Å². The van der Waals surface area contributed by atoms with E-state index in [2.05, 4.69) is 11.8 Å². The van der Waals surface area contributed by atoms with Gasteiger partial charge in [-0.05, 0) is 18.6 Å². The number of aliphatic hydroxyl groups excluding tert-OH is 1. The van der Waals surface area contributed by atoms with E-state index < -0.39 is 0 Å². The summed E-state index contributed by atoms with van der Waals surface area (Å²) in [7, 11) is 1.68. The van der Waals surface area contributed by atoms with Gasteiger partial charge in [-0.15, -0.1) is 0 Å². The number of hydrogen-bond acceptors (Lipinski definition) is 3. The molecule has 4 nitrogen and oxygen atoms in total. The van der Waals surface area contributed by atoms with Crippen LogP contribution in [0.4, 0.5) is 0 Å². The van der Waals surface area contributed by atoms with Crippen LogP contribution in [-0.4, -0.2) is 49.3 Å². The van der Waals surface area contributed by atoms with E-state index in [9.17, 15) is 4.79 Å². The SMILES string of the molecule is COCC1CCN(C(=O)c2ccccc2C#CCO)C1. The summed E-state index contributed by atoms with van der Waals surface area (Å²) in [6, 6.07) is 7.27. The molecule has 0 aliphatic carbocycles. The van der Waals surface area contributed by atoms with Gasteiger partial charge in [0.05, 0.1) is 12.2 Å². The highest BCUT2D eigenvalue weighted by atomic mass is 16.5. The van der Waals surface area contributed by atoms with Crippen molar-refractivity contribution < 1.29 is 14.6 Å². The summed E-state index contributed by atoms with van der Waals surface area (Å²) in [5, 5.41) is 8.78. The summed E-state index contributed by atoms with van der Waals surface area (Å²) in [4.78, 5) is 14.4. The Hall–Kier alpha value is -1.83. The van der Waals surface area contributed by atoms with E-state index >= 15 is 0 Å². The Bertz CT molecular complexity index is 530. The fourth-order valence-electron chi connectivity index (χ4n) is 2.47. The Labute approximate surface area is 119 Å². The van der Waals surface area contributed by atoms with Crippen LogP contribution in [0.2, 0.25) is 0 Å². The highest BCUT2D eigenvalue weighted by Gasteiger charge is 2.27.